The predicted octanol–water partition coefficient (Wildman–Crippen LogP) is 1.51. The molecule has 156 valence electrons. The van der Waals surface area contributed by atoms with Gasteiger partial charge in [-0.25, -0.2) is 0 Å². The quantitative estimate of drug-likeness (QED) is 0.756. The highest BCUT2D eigenvalue weighted by Crippen LogP contribution is 2.39. The van der Waals surface area contributed by atoms with Crippen LogP contribution in [-0.2, 0) is 19.1 Å². The molecule has 3 saturated heterocycles. The fraction of sp³-hybridized carbons (Fsp3) is 0.591. The highest BCUT2D eigenvalue weighted by Gasteiger charge is 2.48. The van der Waals surface area contributed by atoms with Crippen molar-refractivity contribution in [3.05, 3.63) is 35.4 Å². The molecule has 1 aromatic carbocycles. The fourth-order valence-corrected chi connectivity index (χ4v) is 5.06. The first-order chi connectivity index (χ1) is 13.8. The van der Waals surface area contributed by atoms with Crippen LogP contribution < -0.4 is 0 Å². The number of hydrogen-bond acceptors (Lipinski definition) is 4. The van der Waals surface area contributed by atoms with E-state index in [-0.39, 0.29) is 29.9 Å². The summed E-state index contributed by atoms with van der Waals surface area (Å²) in [5.41, 5.74) is 1.86. The number of amides is 3. The molecule has 0 aliphatic carbocycles. The van der Waals surface area contributed by atoms with Gasteiger partial charge in [0.25, 0.3) is 5.91 Å². The van der Waals surface area contributed by atoms with Crippen LogP contribution in [0.25, 0.3) is 0 Å². The Bertz CT molecular complexity index is 831. The number of nitrogens with zero attached hydrogens (tertiary/aromatic N) is 3. The molecule has 7 nitrogen and oxygen atoms in total. The van der Waals surface area contributed by atoms with E-state index in [1.165, 1.54) is 0 Å². The number of morpholine rings is 1. The SMILES string of the molecule is Cc1ccccc1[C@@H]1[C@@H](C(=O)N2CCC3(CCC(=O)N3C)CC2)OCC(=O)N1C. The molecule has 3 aliphatic rings. The molecule has 0 saturated carbocycles. The number of carbonyl (C=O) groups is 3. The topological polar surface area (TPSA) is 70.2 Å². The number of benzene rings is 1. The molecular formula is C22H29N3O4. The van der Waals surface area contributed by atoms with Gasteiger partial charge in [0.2, 0.25) is 11.8 Å². The van der Waals surface area contributed by atoms with Crippen LogP contribution in [-0.4, -0.2) is 77.9 Å². The Morgan fingerprint density at radius 2 is 1.76 bits per heavy atom. The summed E-state index contributed by atoms with van der Waals surface area (Å²) >= 11 is 0. The maximum Gasteiger partial charge on any atom is 0.254 e. The van der Waals surface area contributed by atoms with Gasteiger partial charge in [0.15, 0.2) is 6.10 Å². The van der Waals surface area contributed by atoms with Crippen LogP contribution in [0.15, 0.2) is 24.3 Å². The van der Waals surface area contributed by atoms with Crippen molar-refractivity contribution in [3.63, 3.8) is 0 Å². The van der Waals surface area contributed by atoms with Crippen LogP contribution in [0.5, 0.6) is 0 Å². The van der Waals surface area contributed by atoms with Crippen molar-refractivity contribution in [3.8, 4) is 0 Å². The van der Waals surface area contributed by atoms with Crippen molar-refractivity contribution in [2.75, 3.05) is 33.8 Å². The number of likely N-dealkylation sites (tertiary alicyclic amines) is 2. The third kappa shape index (κ3) is 3.31. The monoisotopic (exact) mass is 399 g/mol. The largest absolute Gasteiger partial charge is 0.356 e. The lowest BCUT2D eigenvalue weighted by Crippen LogP contribution is -2.58. The van der Waals surface area contributed by atoms with E-state index in [0.29, 0.717) is 19.5 Å². The molecule has 3 amide bonds. The molecule has 0 bridgehead atoms. The Balaban J connectivity index is 1.53. The van der Waals surface area contributed by atoms with E-state index in [9.17, 15) is 14.4 Å². The highest BCUT2D eigenvalue weighted by atomic mass is 16.5. The molecule has 0 unspecified atom stereocenters. The third-order valence-corrected chi connectivity index (χ3v) is 7.13. The van der Waals surface area contributed by atoms with E-state index in [4.69, 9.17) is 4.74 Å². The van der Waals surface area contributed by atoms with E-state index in [1.807, 2.05) is 48.0 Å². The minimum Gasteiger partial charge on any atom is -0.356 e. The second-order valence-corrected chi connectivity index (χ2v) is 8.54. The number of ether oxygens (including phenoxy) is 1. The number of carbonyl (C=O) groups excluding carboxylic acids is 3. The van der Waals surface area contributed by atoms with Gasteiger partial charge in [-0.05, 0) is 37.3 Å². The molecule has 3 aliphatic heterocycles. The van der Waals surface area contributed by atoms with Gasteiger partial charge in [-0.1, -0.05) is 24.3 Å². The van der Waals surface area contributed by atoms with Crippen molar-refractivity contribution < 1.29 is 19.1 Å². The van der Waals surface area contributed by atoms with Gasteiger partial charge in [0.05, 0.1) is 6.04 Å². The first-order valence-electron chi connectivity index (χ1n) is 10.3. The number of hydrogen-bond donors (Lipinski definition) is 0. The summed E-state index contributed by atoms with van der Waals surface area (Å²) in [6.45, 7) is 3.12. The first-order valence-corrected chi connectivity index (χ1v) is 10.3. The third-order valence-electron chi connectivity index (χ3n) is 7.13. The highest BCUT2D eigenvalue weighted by molar-refractivity contribution is 5.86. The number of likely N-dealkylation sites (N-methyl/N-ethyl adjacent to an activating group) is 1. The maximum atomic E-state index is 13.4. The average Bonchev–Trinajstić information content (AvgIpc) is 2.99. The Hall–Kier alpha value is -2.41. The minimum absolute atomic E-state index is 0.0700. The lowest BCUT2D eigenvalue weighted by molar-refractivity contribution is -0.168. The molecule has 0 N–H and O–H groups in total. The van der Waals surface area contributed by atoms with E-state index >= 15 is 0 Å². The number of piperidine rings is 1. The molecule has 1 aromatic rings. The van der Waals surface area contributed by atoms with Crippen LogP contribution in [0, 0.1) is 6.92 Å². The molecular weight excluding hydrogens is 370 g/mol. The number of aryl methyl sites for hydroxylation is 1. The molecule has 2 atom stereocenters. The van der Waals surface area contributed by atoms with Gasteiger partial charge in [-0.2, -0.15) is 0 Å². The van der Waals surface area contributed by atoms with E-state index in [0.717, 1.165) is 30.4 Å². The summed E-state index contributed by atoms with van der Waals surface area (Å²) < 4.78 is 5.81. The molecule has 3 heterocycles. The minimum atomic E-state index is -0.712. The van der Waals surface area contributed by atoms with Crippen molar-refractivity contribution in [1.82, 2.24) is 14.7 Å². The standard InChI is InChI=1S/C22H29N3O4/c1-15-6-4-5-7-16(15)19-20(29-14-18(27)23(19)2)21(28)25-12-10-22(11-13-25)9-8-17(26)24(22)3/h4-7,19-20H,8-14H2,1-3H3/t19-,20+/m1/s1. The smallest absolute Gasteiger partial charge is 0.254 e. The molecule has 0 radical (unpaired) electrons. The van der Waals surface area contributed by atoms with Crippen molar-refractivity contribution in [1.29, 1.82) is 0 Å². The first kappa shape index (κ1) is 19.9. The zero-order valence-corrected chi connectivity index (χ0v) is 17.4. The Kier molecular flexibility index (Phi) is 5.11. The maximum absolute atomic E-state index is 13.4. The van der Waals surface area contributed by atoms with Gasteiger partial charge >= 0.3 is 0 Å². The predicted molar refractivity (Wildman–Crippen MR) is 107 cm³/mol. The Labute approximate surface area is 171 Å². The lowest BCUT2D eigenvalue weighted by Gasteiger charge is -2.46. The van der Waals surface area contributed by atoms with Crippen LogP contribution in [0.4, 0.5) is 0 Å². The summed E-state index contributed by atoms with van der Waals surface area (Å²) in [6.07, 6.45) is 2.33. The molecule has 29 heavy (non-hydrogen) atoms. The molecule has 7 heteroatoms. The van der Waals surface area contributed by atoms with Crippen LogP contribution in [0.2, 0.25) is 0 Å². The van der Waals surface area contributed by atoms with Crippen molar-refractivity contribution in [2.24, 2.45) is 0 Å². The second kappa shape index (κ2) is 7.44. The van der Waals surface area contributed by atoms with Gasteiger partial charge in [0, 0.05) is 39.1 Å². The number of rotatable bonds is 2. The molecule has 4 rings (SSSR count). The van der Waals surface area contributed by atoms with Gasteiger partial charge in [-0.3, -0.25) is 14.4 Å². The zero-order chi connectivity index (χ0) is 20.8. The van der Waals surface area contributed by atoms with Gasteiger partial charge in [0.1, 0.15) is 6.61 Å². The van der Waals surface area contributed by atoms with E-state index in [2.05, 4.69) is 0 Å². The van der Waals surface area contributed by atoms with Crippen LogP contribution >= 0.6 is 0 Å². The normalized spacial score (nSPS) is 27.1. The van der Waals surface area contributed by atoms with Gasteiger partial charge in [-0.15, -0.1) is 0 Å². The summed E-state index contributed by atoms with van der Waals surface area (Å²) in [7, 11) is 3.62. The summed E-state index contributed by atoms with van der Waals surface area (Å²) in [6, 6.07) is 7.39. The summed E-state index contributed by atoms with van der Waals surface area (Å²) in [4.78, 5) is 43.1. The summed E-state index contributed by atoms with van der Waals surface area (Å²) in [5, 5.41) is 0. The van der Waals surface area contributed by atoms with Crippen LogP contribution in [0.1, 0.15) is 42.9 Å². The van der Waals surface area contributed by atoms with Crippen molar-refractivity contribution >= 4 is 17.7 Å². The van der Waals surface area contributed by atoms with Gasteiger partial charge < -0.3 is 19.4 Å². The van der Waals surface area contributed by atoms with E-state index in [1.54, 1.807) is 11.9 Å². The van der Waals surface area contributed by atoms with Crippen LogP contribution in [0.3, 0.4) is 0 Å². The van der Waals surface area contributed by atoms with E-state index < -0.39 is 12.1 Å². The Morgan fingerprint density at radius 1 is 1.07 bits per heavy atom. The molecule has 0 aromatic heterocycles. The lowest BCUT2D eigenvalue weighted by atomic mass is 9.84. The average molecular weight is 399 g/mol. The second-order valence-electron chi connectivity index (χ2n) is 8.54. The fourth-order valence-electron chi connectivity index (χ4n) is 5.06. The molecule has 1 spiro atoms. The van der Waals surface area contributed by atoms with Crippen molar-refractivity contribution in [2.45, 2.75) is 50.3 Å². The molecule has 3 fully saturated rings. The zero-order valence-electron chi connectivity index (χ0n) is 17.4. The Morgan fingerprint density at radius 3 is 2.38 bits per heavy atom. The summed E-state index contributed by atoms with van der Waals surface area (Å²) in [5.74, 6) is 0.00515.